The molecule has 1 amide bonds. The van der Waals surface area contributed by atoms with E-state index in [2.05, 4.69) is 26.1 Å². The SMILES string of the molecule is CC(=O)c1cccc(Nc2ncnc(NNC(=O)c3cccc4ccccc34)c2[N+](=O)[O-])c1. The maximum absolute atomic E-state index is 12.8. The van der Waals surface area contributed by atoms with Gasteiger partial charge in [-0.2, -0.15) is 0 Å². The zero-order chi connectivity index (χ0) is 23.4. The largest absolute Gasteiger partial charge is 0.355 e. The van der Waals surface area contributed by atoms with Gasteiger partial charge in [0.25, 0.3) is 5.91 Å². The molecule has 4 rings (SSSR count). The number of ketones is 1. The summed E-state index contributed by atoms with van der Waals surface area (Å²) in [6, 6.07) is 19.2. The zero-order valence-electron chi connectivity index (χ0n) is 17.4. The number of aromatic nitrogens is 2. The normalized spacial score (nSPS) is 10.5. The minimum absolute atomic E-state index is 0.0994. The number of benzene rings is 3. The molecule has 0 spiro atoms. The number of hydrogen-bond donors (Lipinski definition) is 3. The van der Waals surface area contributed by atoms with Crippen LogP contribution in [0.15, 0.2) is 73.1 Å². The fourth-order valence-electron chi connectivity index (χ4n) is 3.29. The molecule has 0 saturated carbocycles. The summed E-state index contributed by atoms with van der Waals surface area (Å²) in [7, 11) is 0. The van der Waals surface area contributed by atoms with Crippen LogP contribution in [0.1, 0.15) is 27.6 Å². The predicted molar refractivity (Wildman–Crippen MR) is 123 cm³/mol. The lowest BCUT2D eigenvalue weighted by Gasteiger charge is -2.12. The lowest BCUT2D eigenvalue weighted by molar-refractivity contribution is -0.383. The number of nitrogens with one attached hydrogen (secondary N) is 3. The molecule has 0 fully saturated rings. The number of hydrogen-bond acceptors (Lipinski definition) is 8. The van der Waals surface area contributed by atoms with Crippen LogP contribution in [0.4, 0.5) is 23.0 Å². The molecule has 10 heteroatoms. The van der Waals surface area contributed by atoms with Gasteiger partial charge in [0.15, 0.2) is 5.78 Å². The van der Waals surface area contributed by atoms with E-state index in [1.165, 1.54) is 6.92 Å². The van der Waals surface area contributed by atoms with Crippen molar-refractivity contribution in [2.75, 3.05) is 10.7 Å². The third kappa shape index (κ3) is 4.59. The van der Waals surface area contributed by atoms with Gasteiger partial charge in [-0.1, -0.05) is 48.5 Å². The topological polar surface area (TPSA) is 139 Å². The number of Topliss-reactive ketones (excluding diaryl/α,β-unsaturated/α-hetero) is 1. The van der Waals surface area contributed by atoms with Gasteiger partial charge in [0, 0.05) is 16.8 Å². The van der Waals surface area contributed by atoms with E-state index in [1.54, 1.807) is 36.4 Å². The Bertz CT molecular complexity index is 1380. The van der Waals surface area contributed by atoms with Gasteiger partial charge >= 0.3 is 5.69 Å². The van der Waals surface area contributed by atoms with E-state index < -0.39 is 16.5 Å². The van der Waals surface area contributed by atoms with Crippen molar-refractivity contribution in [1.29, 1.82) is 0 Å². The van der Waals surface area contributed by atoms with E-state index >= 15 is 0 Å². The van der Waals surface area contributed by atoms with Crippen LogP contribution in [-0.2, 0) is 0 Å². The molecule has 0 saturated heterocycles. The molecule has 0 bridgehead atoms. The van der Waals surface area contributed by atoms with Crippen molar-refractivity contribution in [1.82, 2.24) is 15.4 Å². The standard InChI is InChI=1S/C23H18N6O4/c1-14(30)16-8-4-9-17(12-16)26-21-20(29(32)33)22(25-13-24-21)27-28-23(31)19-11-5-7-15-6-2-3-10-18(15)19/h2-13H,1H3,(H,28,31)(H2,24,25,26,27). The molecule has 4 aromatic rings. The van der Waals surface area contributed by atoms with E-state index in [4.69, 9.17) is 0 Å². The molecule has 33 heavy (non-hydrogen) atoms. The minimum atomic E-state index is -0.663. The van der Waals surface area contributed by atoms with Crippen molar-refractivity contribution in [3.8, 4) is 0 Å². The van der Waals surface area contributed by atoms with Gasteiger partial charge in [-0.05, 0) is 35.9 Å². The Morgan fingerprint density at radius 3 is 2.45 bits per heavy atom. The molecule has 0 aliphatic rings. The highest BCUT2D eigenvalue weighted by atomic mass is 16.6. The number of hydrazine groups is 1. The molecule has 0 aliphatic carbocycles. The molecule has 0 atom stereocenters. The highest BCUT2D eigenvalue weighted by molar-refractivity contribution is 6.07. The summed E-state index contributed by atoms with van der Waals surface area (Å²) in [6.45, 7) is 1.42. The Labute approximate surface area is 187 Å². The predicted octanol–water partition coefficient (Wildman–Crippen LogP) is 4.24. The van der Waals surface area contributed by atoms with Crippen LogP contribution in [0, 0.1) is 10.1 Å². The van der Waals surface area contributed by atoms with Gasteiger partial charge < -0.3 is 5.32 Å². The van der Waals surface area contributed by atoms with Gasteiger partial charge in [-0.25, -0.2) is 9.97 Å². The number of fused-ring (bicyclic) bond motifs is 1. The zero-order valence-corrected chi connectivity index (χ0v) is 17.4. The number of amides is 1. The maximum atomic E-state index is 12.8. The Morgan fingerprint density at radius 1 is 0.939 bits per heavy atom. The molecule has 1 aromatic heterocycles. The van der Waals surface area contributed by atoms with Crippen molar-refractivity contribution < 1.29 is 14.5 Å². The Hall–Kier alpha value is -4.86. The Kier molecular flexibility index (Phi) is 5.90. The Balaban J connectivity index is 1.59. The molecular weight excluding hydrogens is 424 g/mol. The van der Waals surface area contributed by atoms with Crippen LogP contribution < -0.4 is 16.2 Å². The van der Waals surface area contributed by atoms with Crippen LogP contribution >= 0.6 is 0 Å². The third-order valence-electron chi connectivity index (χ3n) is 4.87. The summed E-state index contributed by atoms with van der Waals surface area (Å²) in [5.74, 6) is -0.927. The lowest BCUT2D eigenvalue weighted by atomic mass is 10.0. The van der Waals surface area contributed by atoms with Gasteiger partial charge in [0.1, 0.15) is 6.33 Å². The molecule has 164 valence electrons. The maximum Gasteiger partial charge on any atom is 0.355 e. The number of carbonyl (C=O) groups excluding carboxylic acids is 2. The second kappa shape index (κ2) is 9.10. The molecule has 0 aliphatic heterocycles. The van der Waals surface area contributed by atoms with Gasteiger partial charge in [-0.15, -0.1) is 0 Å². The van der Waals surface area contributed by atoms with Crippen LogP contribution in [-0.4, -0.2) is 26.6 Å². The second-order valence-electron chi connectivity index (χ2n) is 7.04. The van der Waals surface area contributed by atoms with E-state index in [1.807, 2.05) is 30.3 Å². The average molecular weight is 442 g/mol. The number of nitrogens with zero attached hydrogens (tertiary/aromatic N) is 3. The van der Waals surface area contributed by atoms with Crippen molar-refractivity contribution in [3.63, 3.8) is 0 Å². The Morgan fingerprint density at radius 2 is 1.67 bits per heavy atom. The molecule has 10 nitrogen and oxygen atoms in total. The molecule has 1 heterocycles. The molecule has 3 aromatic carbocycles. The average Bonchev–Trinajstić information content (AvgIpc) is 2.82. The van der Waals surface area contributed by atoms with Crippen molar-refractivity contribution >= 4 is 45.5 Å². The highest BCUT2D eigenvalue weighted by Crippen LogP contribution is 2.31. The van der Waals surface area contributed by atoms with Gasteiger partial charge in [-0.3, -0.25) is 30.6 Å². The van der Waals surface area contributed by atoms with E-state index in [0.29, 0.717) is 16.8 Å². The summed E-state index contributed by atoms with van der Waals surface area (Å²) in [5.41, 5.74) is 5.80. The third-order valence-corrected chi connectivity index (χ3v) is 4.87. The first-order chi connectivity index (χ1) is 15.9. The van der Waals surface area contributed by atoms with E-state index in [0.717, 1.165) is 17.1 Å². The summed E-state index contributed by atoms with van der Waals surface area (Å²) in [5, 5.41) is 16.2. The summed E-state index contributed by atoms with van der Waals surface area (Å²) < 4.78 is 0. The molecule has 3 N–H and O–H groups in total. The molecule has 0 unspecified atom stereocenters. The van der Waals surface area contributed by atoms with Gasteiger partial charge in [0.05, 0.1) is 4.92 Å². The summed E-state index contributed by atoms with van der Waals surface area (Å²) >= 11 is 0. The van der Waals surface area contributed by atoms with Crippen LogP contribution in [0.5, 0.6) is 0 Å². The monoisotopic (exact) mass is 442 g/mol. The van der Waals surface area contributed by atoms with E-state index in [-0.39, 0.29) is 17.4 Å². The molecular formula is C23H18N6O4. The van der Waals surface area contributed by atoms with Gasteiger partial charge in [0.2, 0.25) is 11.6 Å². The lowest BCUT2D eigenvalue weighted by Crippen LogP contribution is -2.30. The second-order valence-corrected chi connectivity index (χ2v) is 7.04. The number of anilines is 3. The first-order valence-corrected chi connectivity index (χ1v) is 9.85. The number of nitro groups is 1. The first-order valence-electron chi connectivity index (χ1n) is 9.85. The molecule has 0 radical (unpaired) electrons. The van der Waals surface area contributed by atoms with Crippen LogP contribution in [0.3, 0.4) is 0 Å². The summed E-state index contributed by atoms with van der Waals surface area (Å²) in [4.78, 5) is 43.3. The fraction of sp³-hybridized carbons (Fsp3) is 0.0435. The van der Waals surface area contributed by atoms with Crippen molar-refractivity contribution in [2.45, 2.75) is 6.92 Å². The van der Waals surface area contributed by atoms with Crippen molar-refractivity contribution in [3.05, 3.63) is 94.3 Å². The van der Waals surface area contributed by atoms with E-state index in [9.17, 15) is 19.7 Å². The quantitative estimate of drug-likeness (QED) is 0.219. The van der Waals surface area contributed by atoms with Crippen LogP contribution in [0.25, 0.3) is 10.8 Å². The summed E-state index contributed by atoms with van der Waals surface area (Å²) in [6.07, 6.45) is 1.12. The first kappa shape index (κ1) is 21.4. The number of rotatable bonds is 7. The van der Waals surface area contributed by atoms with Crippen LogP contribution in [0.2, 0.25) is 0 Å². The highest BCUT2D eigenvalue weighted by Gasteiger charge is 2.24. The minimum Gasteiger partial charge on any atom is -0.334 e. The van der Waals surface area contributed by atoms with Crippen molar-refractivity contribution in [2.24, 2.45) is 0 Å². The fourth-order valence-corrected chi connectivity index (χ4v) is 3.29. The smallest absolute Gasteiger partial charge is 0.334 e. The number of carbonyl (C=O) groups is 2.